The summed E-state index contributed by atoms with van der Waals surface area (Å²) in [4.78, 5) is 2.39. The van der Waals surface area contributed by atoms with Gasteiger partial charge in [0.1, 0.15) is 11.5 Å². The average molecular weight is 264 g/mol. The number of phenols is 1. The van der Waals surface area contributed by atoms with Crippen LogP contribution in [0.25, 0.3) is 0 Å². The van der Waals surface area contributed by atoms with Gasteiger partial charge in [0.25, 0.3) is 0 Å². The molecule has 1 aromatic carbocycles. The van der Waals surface area contributed by atoms with Crippen LogP contribution in [0.1, 0.15) is 31.4 Å². The molecule has 2 N–H and O–H groups in total. The minimum atomic E-state index is 0.114. The molecule has 1 atom stereocenters. The Morgan fingerprint density at radius 3 is 2.84 bits per heavy atom. The Bertz CT molecular complexity index is 419. The molecule has 0 spiro atoms. The number of benzene rings is 1. The molecule has 0 aromatic heterocycles. The summed E-state index contributed by atoms with van der Waals surface area (Å²) in [6, 6.07) is 6.25. The first-order chi connectivity index (χ1) is 9.11. The van der Waals surface area contributed by atoms with E-state index < -0.39 is 0 Å². The third-order valence-electron chi connectivity index (χ3n) is 3.79. The van der Waals surface area contributed by atoms with E-state index in [-0.39, 0.29) is 6.04 Å². The summed E-state index contributed by atoms with van der Waals surface area (Å²) in [7, 11) is 3.81. The van der Waals surface area contributed by atoms with Crippen LogP contribution in [-0.4, -0.2) is 43.3 Å². The molecular formula is C15H24N2O2. The zero-order valence-corrected chi connectivity index (χ0v) is 12.0. The average Bonchev–Trinajstić information content (AvgIpc) is 3.23. The lowest BCUT2D eigenvalue weighted by Gasteiger charge is -2.20. The van der Waals surface area contributed by atoms with Gasteiger partial charge in [0.2, 0.25) is 0 Å². The molecule has 0 heterocycles. The highest BCUT2D eigenvalue weighted by Crippen LogP contribution is 2.28. The number of rotatable bonds is 7. The number of likely N-dealkylation sites (N-methyl/N-ethyl adjacent to an activating group) is 1. The highest BCUT2D eigenvalue weighted by Gasteiger charge is 2.25. The van der Waals surface area contributed by atoms with Gasteiger partial charge in [-0.15, -0.1) is 0 Å². The second kappa shape index (κ2) is 6.26. The molecule has 1 saturated carbocycles. The van der Waals surface area contributed by atoms with E-state index in [2.05, 4.69) is 24.2 Å². The summed E-state index contributed by atoms with van der Waals surface area (Å²) in [5, 5.41) is 13.3. The maximum absolute atomic E-state index is 9.90. The quantitative estimate of drug-likeness (QED) is 0.792. The summed E-state index contributed by atoms with van der Waals surface area (Å²) in [6.45, 7) is 4.02. The molecule has 1 aromatic rings. The Kier molecular flexibility index (Phi) is 4.66. The van der Waals surface area contributed by atoms with Gasteiger partial charge in [-0.3, -0.25) is 0 Å². The zero-order chi connectivity index (χ0) is 13.8. The van der Waals surface area contributed by atoms with Crippen LogP contribution in [0.5, 0.6) is 11.5 Å². The predicted molar refractivity (Wildman–Crippen MR) is 76.7 cm³/mol. The van der Waals surface area contributed by atoms with Gasteiger partial charge in [0, 0.05) is 30.7 Å². The van der Waals surface area contributed by atoms with Gasteiger partial charge >= 0.3 is 0 Å². The molecule has 0 radical (unpaired) electrons. The van der Waals surface area contributed by atoms with E-state index in [0.717, 1.165) is 30.4 Å². The number of nitrogens with zero attached hydrogens (tertiary/aromatic N) is 1. The highest BCUT2D eigenvalue weighted by atomic mass is 16.5. The van der Waals surface area contributed by atoms with Crippen molar-refractivity contribution in [3.63, 3.8) is 0 Å². The van der Waals surface area contributed by atoms with Crippen LogP contribution in [0.2, 0.25) is 0 Å². The van der Waals surface area contributed by atoms with Gasteiger partial charge in [0.05, 0.1) is 7.11 Å². The fraction of sp³-hybridized carbons (Fsp3) is 0.600. The fourth-order valence-electron chi connectivity index (χ4n) is 2.27. The maximum Gasteiger partial charge on any atom is 0.120 e. The monoisotopic (exact) mass is 264 g/mol. The van der Waals surface area contributed by atoms with E-state index in [1.54, 1.807) is 19.2 Å². The zero-order valence-electron chi connectivity index (χ0n) is 12.0. The summed E-state index contributed by atoms with van der Waals surface area (Å²) < 4.78 is 5.20. The molecule has 2 rings (SSSR count). The molecule has 0 bridgehead atoms. The third kappa shape index (κ3) is 3.85. The molecule has 4 heteroatoms. The van der Waals surface area contributed by atoms with Crippen molar-refractivity contribution in [3.05, 3.63) is 23.8 Å². The van der Waals surface area contributed by atoms with Crippen LogP contribution < -0.4 is 10.1 Å². The summed E-state index contributed by atoms with van der Waals surface area (Å²) >= 11 is 0. The third-order valence-corrected chi connectivity index (χ3v) is 3.79. The molecule has 4 nitrogen and oxygen atoms in total. The summed E-state index contributed by atoms with van der Waals surface area (Å²) in [5.74, 6) is 1.09. The van der Waals surface area contributed by atoms with Gasteiger partial charge in [0.15, 0.2) is 0 Å². The molecule has 1 aliphatic rings. The summed E-state index contributed by atoms with van der Waals surface area (Å²) in [6.07, 6.45) is 2.67. The SMILES string of the molecule is COc1ccc(O)c(C(C)NCCN(C)C2CC2)c1. The van der Waals surface area contributed by atoms with Crippen molar-refractivity contribution >= 4 is 0 Å². The van der Waals surface area contributed by atoms with Gasteiger partial charge in [-0.25, -0.2) is 0 Å². The second-order valence-corrected chi connectivity index (χ2v) is 5.31. The number of nitrogens with one attached hydrogen (secondary N) is 1. The lowest BCUT2D eigenvalue weighted by molar-refractivity contribution is 0.315. The Labute approximate surface area is 115 Å². The van der Waals surface area contributed by atoms with Gasteiger partial charge in [-0.05, 0) is 45.0 Å². The van der Waals surface area contributed by atoms with Crippen molar-refractivity contribution in [2.75, 3.05) is 27.2 Å². The topological polar surface area (TPSA) is 44.7 Å². The minimum absolute atomic E-state index is 0.114. The van der Waals surface area contributed by atoms with Gasteiger partial charge in [-0.2, -0.15) is 0 Å². The Balaban J connectivity index is 1.85. The largest absolute Gasteiger partial charge is 0.508 e. The maximum atomic E-state index is 9.90. The van der Waals surface area contributed by atoms with Gasteiger partial charge < -0.3 is 20.1 Å². The molecule has 0 aliphatic heterocycles. The van der Waals surface area contributed by atoms with E-state index in [9.17, 15) is 5.11 Å². The van der Waals surface area contributed by atoms with E-state index in [0.29, 0.717) is 5.75 Å². The number of hydrogen-bond acceptors (Lipinski definition) is 4. The molecular weight excluding hydrogens is 240 g/mol. The van der Waals surface area contributed by atoms with E-state index in [1.807, 2.05) is 6.07 Å². The smallest absolute Gasteiger partial charge is 0.120 e. The molecule has 106 valence electrons. The van der Waals surface area contributed by atoms with Crippen LogP contribution in [0.15, 0.2) is 18.2 Å². The minimum Gasteiger partial charge on any atom is -0.508 e. The molecule has 1 unspecified atom stereocenters. The van der Waals surface area contributed by atoms with Crippen molar-refractivity contribution in [2.45, 2.75) is 31.8 Å². The number of aromatic hydroxyl groups is 1. The van der Waals surface area contributed by atoms with Crippen molar-refractivity contribution < 1.29 is 9.84 Å². The van der Waals surface area contributed by atoms with E-state index in [1.165, 1.54) is 12.8 Å². The van der Waals surface area contributed by atoms with E-state index >= 15 is 0 Å². The van der Waals surface area contributed by atoms with E-state index in [4.69, 9.17) is 4.74 Å². The summed E-state index contributed by atoms with van der Waals surface area (Å²) in [5.41, 5.74) is 0.883. The fourth-order valence-corrected chi connectivity index (χ4v) is 2.27. The van der Waals surface area contributed by atoms with Crippen molar-refractivity contribution in [3.8, 4) is 11.5 Å². The first kappa shape index (κ1) is 14.2. The Hall–Kier alpha value is -1.26. The molecule has 19 heavy (non-hydrogen) atoms. The highest BCUT2D eigenvalue weighted by molar-refractivity contribution is 5.41. The Morgan fingerprint density at radius 2 is 2.21 bits per heavy atom. The number of methoxy groups -OCH3 is 1. The van der Waals surface area contributed by atoms with Gasteiger partial charge in [-0.1, -0.05) is 0 Å². The first-order valence-corrected chi connectivity index (χ1v) is 6.92. The van der Waals surface area contributed by atoms with Crippen LogP contribution in [0.4, 0.5) is 0 Å². The molecule has 1 fully saturated rings. The first-order valence-electron chi connectivity index (χ1n) is 6.92. The lowest BCUT2D eigenvalue weighted by atomic mass is 10.1. The molecule has 0 amide bonds. The normalized spacial score (nSPS) is 16.6. The van der Waals surface area contributed by atoms with Crippen molar-refractivity contribution in [1.82, 2.24) is 10.2 Å². The van der Waals surface area contributed by atoms with Crippen LogP contribution in [0.3, 0.4) is 0 Å². The molecule has 1 aliphatic carbocycles. The number of phenolic OH excluding ortho intramolecular Hbond substituents is 1. The standard InChI is InChI=1S/C15H24N2O2/c1-11(16-8-9-17(2)12-4-5-12)14-10-13(19-3)6-7-15(14)18/h6-7,10-12,16,18H,4-5,8-9H2,1-3H3. The molecule has 0 saturated heterocycles. The number of ether oxygens (including phenoxy) is 1. The lowest BCUT2D eigenvalue weighted by Crippen LogP contribution is -2.32. The second-order valence-electron chi connectivity index (χ2n) is 5.31. The van der Waals surface area contributed by atoms with Crippen LogP contribution >= 0.6 is 0 Å². The van der Waals surface area contributed by atoms with Crippen molar-refractivity contribution in [1.29, 1.82) is 0 Å². The van der Waals surface area contributed by atoms with Crippen LogP contribution in [0, 0.1) is 0 Å². The van der Waals surface area contributed by atoms with Crippen LogP contribution in [-0.2, 0) is 0 Å². The Morgan fingerprint density at radius 1 is 1.47 bits per heavy atom. The number of hydrogen-bond donors (Lipinski definition) is 2. The predicted octanol–water partition coefficient (Wildman–Crippen LogP) is 2.15. The van der Waals surface area contributed by atoms with Crippen molar-refractivity contribution in [2.24, 2.45) is 0 Å².